The van der Waals surface area contributed by atoms with Gasteiger partial charge in [-0.05, 0) is 24.0 Å². The highest BCUT2D eigenvalue weighted by Gasteiger charge is 2.30. The molecule has 2 rings (SSSR count). The Labute approximate surface area is 149 Å². The van der Waals surface area contributed by atoms with Gasteiger partial charge < -0.3 is 5.32 Å². The molecule has 0 saturated carbocycles. The van der Waals surface area contributed by atoms with Gasteiger partial charge in [0.2, 0.25) is 5.91 Å². The minimum absolute atomic E-state index is 0.0282. The summed E-state index contributed by atoms with van der Waals surface area (Å²) >= 11 is 0. The third-order valence-corrected chi connectivity index (χ3v) is 4.52. The van der Waals surface area contributed by atoms with Crippen LogP contribution in [0.3, 0.4) is 0 Å². The molecule has 0 aliphatic rings. The van der Waals surface area contributed by atoms with Crippen LogP contribution in [0.4, 0.5) is 0 Å². The van der Waals surface area contributed by atoms with Crippen molar-refractivity contribution in [2.75, 3.05) is 6.54 Å². The maximum atomic E-state index is 12.4. The van der Waals surface area contributed by atoms with E-state index in [1.807, 2.05) is 74.5 Å². The van der Waals surface area contributed by atoms with Crippen LogP contribution in [0.1, 0.15) is 37.9 Å². The molecule has 0 aliphatic heterocycles. The number of carbonyl (C=O) groups is 1. The van der Waals surface area contributed by atoms with Crippen molar-refractivity contribution in [3.63, 3.8) is 0 Å². The van der Waals surface area contributed by atoms with Gasteiger partial charge in [-0.2, -0.15) is 5.26 Å². The second-order valence-corrected chi connectivity index (χ2v) is 6.65. The Bertz CT molecular complexity index is 682. The van der Waals surface area contributed by atoms with E-state index in [2.05, 4.69) is 16.7 Å². The average Bonchev–Trinajstić information content (AvgIpc) is 2.63. The molecule has 0 heterocycles. The molecule has 2 N–H and O–H groups in total. The predicted molar refractivity (Wildman–Crippen MR) is 99.7 cm³/mol. The standard InChI is InChI=1S/C21H25N3O/c1-16(2)21(3,15-22)24-19(25)14-23-20(17-10-6-4-7-11-17)18-12-8-5-9-13-18/h4-13,16,20,23H,14H2,1-3H3,(H,24,25)/t21-/m1/s1. The first-order chi connectivity index (χ1) is 12.0. The van der Waals surface area contributed by atoms with Crippen molar-refractivity contribution >= 4 is 5.91 Å². The lowest BCUT2D eigenvalue weighted by molar-refractivity contribution is -0.121. The first kappa shape index (κ1) is 18.7. The maximum Gasteiger partial charge on any atom is 0.235 e. The smallest absolute Gasteiger partial charge is 0.235 e. The summed E-state index contributed by atoms with van der Waals surface area (Å²) in [4.78, 5) is 12.4. The lowest BCUT2D eigenvalue weighted by atomic mass is 9.90. The number of nitriles is 1. The predicted octanol–water partition coefficient (Wildman–Crippen LogP) is 3.42. The molecule has 0 unspecified atom stereocenters. The summed E-state index contributed by atoms with van der Waals surface area (Å²) in [5.74, 6) is -0.157. The van der Waals surface area contributed by atoms with E-state index < -0.39 is 5.54 Å². The number of hydrogen-bond acceptors (Lipinski definition) is 3. The number of hydrogen-bond donors (Lipinski definition) is 2. The maximum absolute atomic E-state index is 12.4. The third kappa shape index (κ3) is 4.91. The highest BCUT2D eigenvalue weighted by Crippen LogP contribution is 2.21. The van der Waals surface area contributed by atoms with Crippen LogP contribution in [-0.2, 0) is 4.79 Å². The molecule has 0 saturated heterocycles. The second kappa shape index (κ2) is 8.46. The number of benzene rings is 2. The van der Waals surface area contributed by atoms with E-state index in [-0.39, 0.29) is 24.4 Å². The molecular weight excluding hydrogens is 310 g/mol. The molecule has 0 spiro atoms. The molecule has 130 valence electrons. The van der Waals surface area contributed by atoms with Crippen LogP contribution >= 0.6 is 0 Å². The Morgan fingerprint density at radius 2 is 1.52 bits per heavy atom. The van der Waals surface area contributed by atoms with Crippen molar-refractivity contribution < 1.29 is 4.79 Å². The zero-order valence-corrected chi connectivity index (χ0v) is 15.0. The SMILES string of the molecule is CC(C)[C@@](C)(C#N)NC(=O)CNC(c1ccccc1)c1ccccc1. The Morgan fingerprint density at radius 3 is 1.92 bits per heavy atom. The average molecular weight is 335 g/mol. The van der Waals surface area contributed by atoms with Crippen molar-refractivity contribution in [1.29, 1.82) is 5.26 Å². The number of carbonyl (C=O) groups excluding carboxylic acids is 1. The van der Waals surface area contributed by atoms with Gasteiger partial charge >= 0.3 is 0 Å². The van der Waals surface area contributed by atoms with E-state index >= 15 is 0 Å². The summed E-state index contributed by atoms with van der Waals surface area (Å²) in [6.45, 7) is 5.74. The first-order valence-corrected chi connectivity index (χ1v) is 8.52. The summed E-state index contributed by atoms with van der Waals surface area (Å²) < 4.78 is 0. The van der Waals surface area contributed by atoms with Gasteiger partial charge in [-0.3, -0.25) is 10.1 Å². The molecule has 0 radical (unpaired) electrons. The van der Waals surface area contributed by atoms with Gasteiger partial charge in [-0.15, -0.1) is 0 Å². The van der Waals surface area contributed by atoms with E-state index in [0.717, 1.165) is 11.1 Å². The fourth-order valence-electron chi connectivity index (χ4n) is 2.55. The van der Waals surface area contributed by atoms with Crippen LogP contribution in [0.5, 0.6) is 0 Å². The molecule has 0 aromatic heterocycles. The van der Waals surface area contributed by atoms with Gasteiger partial charge in [-0.1, -0.05) is 74.5 Å². The Morgan fingerprint density at radius 1 is 1.04 bits per heavy atom. The number of nitrogens with one attached hydrogen (secondary N) is 2. The molecule has 0 bridgehead atoms. The monoisotopic (exact) mass is 335 g/mol. The van der Waals surface area contributed by atoms with Gasteiger partial charge in [-0.25, -0.2) is 0 Å². The Balaban J connectivity index is 2.11. The molecule has 0 aliphatic carbocycles. The molecular formula is C21H25N3O. The number of nitrogens with zero attached hydrogens (tertiary/aromatic N) is 1. The molecule has 1 atom stereocenters. The molecule has 4 nitrogen and oxygen atoms in total. The summed E-state index contributed by atoms with van der Waals surface area (Å²) in [7, 11) is 0. The van der Waals surface area contributed by atoms with Crippen molar-refractivity contribution in [1.82, 2.24) is 10.6 Å². The van der Waals surface area contributed by atoms with E-state index in [4.69, 9.17) is 0 Å². The van der Waals surface area contributed by atoms with E-state index in [0.29, 0.717) is 0 Å². The molecule has 2 aromatic carbocycles. The third-order valence-electron chi connectivity index (χ3n) is 4.52. The fourth-order valence-corrected chi connectivity index (χ4v) is 2.55. The summed E-state index contributed by atoms with van der Waals surface area (Å²) in [6, 6.07) is 22.1. The number of rotatable bonds is 7. The molecule has 0 fully saturated rings. The summed E-state index contributed by atoms with van der Waals surface area (Å²) in [5.41, 5.74) is 1.31. The van der Waals surface area contributed by atoms with Crippen molar-refractivity contribution in [3.05, 3.63) is 71.8 Å². The van der Waals surface area contributed by atoms with Gasteiger partial charge in [0.05, 0.1) is 18.7 Å². The highest BCUT2D eigenvalue weighted by atomic mass is 16.2. The Hall–Kier alpha value is -2.64. The first-order valence-electron chi connectivity index (χ1n) is 8.52. The van der Waals surface area contributed by atoms with Gasteiger partial charge in [0.1, 0.15) is 5.54 Å². The van der Waals surface area contributed by atoms with Crippen LogP contribution < -0.4 is 10.6 Å². The molecule has 1 amide bonds. The van der Waals surface area contributed by atoms with Crippen LogP contribution in [0.25, 0.3) is 0 Å². The lowest BCUT2D eigenvalue weighted by Gasteiger charge is -2.28. The van der Waals surface area contributed by atoms with Crippen LogP contribution in [0, 0.1) is 17.2 Å². The quantitative estimate of drug-likeness (QED) is 0.815. The van der Waals surface area contributed by atoms with Gasteiger partial charge in [0, 0.05) is 0 Å². The van der Waals surface area contributed by atoms with Crippen LogP contribution in [0.2, 0.25) is 0 Å². The zero-order valence-electron chi connectivity index (χ0n) is 15.0. The van der Waals surface area contributed by atoms with E-state index in [1.54, 1.807) is 6.92 Å². The topological polar surface area (TPSA) is 64.9 Å². The minimum Gasteiger partial charge on any atom is -0.337 e. The molecule has 25 heavy (non-hydrogen) atoms. The normalized spacial score (nSPS) is 13.3. The van der Waals surface area contributed by atoms with E-state index in [9.17, 15) is 10.1 Å². The van der Waals surface area contributed by atoms with Gasteiger partial charge in [0.25, 0.3) is 0 Å². The second-order valence-electron chi connectivity index (χ2n) is 6.65. The highest BCUT2D eigenvalue weighted by molar-refractivity contribution is 5.79. The molecule has 2 aromatic rings. The molecule has 4 heteroatoms. The summed E-state index contributed by atoms with van der Waals surface area (Å²) in [5, 5.41) is 15.5. The summed E-state index contributed by atoms with van der Waals surface area (Å²) in [6.07, 6.45) is 0. The lowest BCUT2D eigenvalue weighted by Crippen LogP contribution is -2.51. The van der Waals surface area contributed by atoms with Crippen molar-refractivity contribution in [2.24, 2.45) is 5.92 Å². The fraction of sp³-hybridized carbons (Fsp3) is 0.333. The van der Waals surface area contributed by atoms with Crippen molar-refractivity contribution in [2.45, 2.75) is 32.4 Å². The van der Waals surface area contributed by atoms with Gasteiger partial charge in [0.15, 0.2) is 0 Å². The largest absolute Gasteiger partial charge is 0.337 e. The van der Waals surface area contributed by atoms with Crippen LogP contribution in [-0.4, -0.2) is 18.0 Å². The minimum atomic E-state index is -0.867. The number of amides is 1. The van der Waals surface area contributed by atoms with E-state index in [1.165, 1.54) is 0 Å². The van der Waals surface area contributed by atoms with Crippen molar-refractivity contribution in [3.8, 4) is 6.07 Å². The Kier molecular flexibility index (Phi) is 6.32. The van der Waals surface area contributed by atoms with Crippen LogP contribution in [0.15, 0.2) is 60.7 Å². The zero-order chi connectivity index (χ0) is 18.3.